The monoisotopic (exact) mass is 885 g/mol. The SMILES string of the molecule is COC(=O)/C=C/CC[C@H](NC(=O)c1ccccc1C(=O)O)C(=O)N[C@H](C(=O)N1COC[C@H]1C(=O)N[C@H](C(=O)N[C@H](C(N)=O)C1CCCCC1)C1CCCCC1)C(C)(C)C.C[N+](=O)[O-]. The molecule has 6 amide bonds. The van der Waals surface area contributed by atoms with Crippen molar-refractivity contribution in [1.29, 1.82) is 0 Å². The molecule has 0 bridgehead atoms. The van der Waals surface area contributed by atoms with Gasteiger partial charge in [-0.25, -0.2) is 9.59 Å². The third-order valence-corrected chi connectivity index (χ3v) is 11.4. The molecule has 3 aliphatic rings. The molecule has 20 heteroatoms. The zero-order valence-electron chi connectivity index (χ0n) is 36.7. The Morgan fingerprint density at radius 2 is 1.44 bits per heavy atom. The number of rotatable bonds is 17. The molecule has 7 N–H and O–H groups in total. The predicted molar refractivity (Wildman–Crippen MR) is 227 cm³/mol. The van der Waals surface area contributed by atoms with E-state index in [2.05, 4.69) is 26.0 Å². The average Bonchev–Trinajstić information content (AvgIpc) is 3.74. The number of carbonyl (C=O) groups is 8. The fourth-order valence-corrected chi connectivity index (χ4v) is 8.06. The summed E-state index contributed by atoms with van der Waals surface area (Å²) in [5.74, 6) is -6.32. The van der Waals surface area contributed by atoms with Crippen LogP contribution in [-0.4, -0.2) is 120 Å². The number of esters is 1. The van der Waals surface area contributed by atoms with Crippen LogP contribution in [0.5, 0.6) is 0 Å². The molecule has 1 heterocycles. The number of benzene rings is 1. The Balaban J connectivity index is 0.00000253. The minimum atomic E-state index is -1.34. The first-order chi connectivity index (χ1) is 29.8. The van der Waals surface area contributed by atoms with Crippen LogP contribution in [0.2, 0.25) is 0 Å². The van der Waals surface area contributed by atoms with Crippen LogP contribution >= 0.6 is 0 Å². The normalized spacial score (nSPS) is 18.9. The van der Waals surface area contributed by atoms with Gasteiger partial charge in [-0.3, -0.25) is 38.9 Å². The van der Waals surface area contributed by atoms with Crippen molar-refractivity contribution in [1.82, 2.24) is 26.2 Å². The number of amides is 6. The van der Waals surface area contributed by atoms with Crippen LogP contribution in [-0.2, 0) is 38.2 Å². The Labute approximate surface area is 366 Å². The standard InChI is InChI=1S/C42H60N6O11.CH3NO2/c1-42(2,3)34(47-37(52)29(21-13-14-22-31(49)58-4)44-36(51)27-19-11-12-20-28(27)41(56)57)40(55)48-24-59-23-30(48)38(53)46-33(26-17-9-6-10-18-26)39(54)45-32(35(43)50)25-15-7-5-8-16-25;1-2(3)4/h11-12,14,19-20,22,25-26,29-30,32-34H,5-10,13,15-18,21,23-24H2,1-4H3,(H2,43,50)(H,44,51)(H,45,54)(H,46,53)(H,47,52)(H,56,57);1H3/b22-14+;/t29-,30-,32-,33-,34+;/m0./s1. The Morgan fingerprint density at radius 1 is 0.889 bits per heavy atom. The van der Waals surface area contributed by atoms with E-state index in [-0.39, 0.29) is 49.1 Å². The lowest BCUT2D eigenvalue weighted by Gasteiger charge is -2.36. The minimum absolute atomic E-state index is 0.0504. The fraction of sp³-hybridized carbons (Fsp3) is 0.628. The number of hydrogen-bond donors (Lipinski definition) is 6. The minimum Gasteiger partial charge on any atom is -0.478 e. The molecule has 0 unspecified atom stereocenters. The number of primary amides is 1. The van der Waals surface area contributed by atoms with Gasteiger partial charge in [0.15, 0.2) is 7.05 Å². The fourth-order valence-electron chi connectivity index (χ4n) is 8.06. The second-order valence-corrected chi connectivity index (χ2v) is 17.1. The summed E-state index contributed by atoms with van der Waals surface area (Å²) in [7, 11) is 2.09. The Bertz CT molecular complexity index is 1830. The highest BCUT2D eigenvalue weighted by molar-refractivity contribution is 6.06. The van der Waals surface area contributed by atoms with Crippen molar-refractivity contribution in [3.63, 3.8) is 0 Å². The van der Waals surface area contributed by atoms with E-state index in [1.165, 1.54) is 42.4 Å². The largest absolute Gasteiger partial charge is 0.478 e. The third kappa shape index (κ3) is 15.7. The van der Waals surface area contributed by atoms with E-state index in [4.69, 9.17) is 20.6 Å². The summed E-state index contributed by atoms with van der Waals surface area (Å²) in [5.41, 5.74) is 4.37. The number of nitrogens with two attached hydrogens (primary N) is 1. The molecule has 0 spiro atoms. The van der Waals surface area contributed by atoms with Gasteiger partial charge >= 0.3 is 11.9 Å². The summed E-state index contributed by atoms with van der Waals surface area (Å²) in [5, 5.41) is 29.6. The topological polar surface area (TPSA) is 296 Å². The summed E-state index contributed by atoms with van der Waals surface area (Å²) in [6.45, 7) is 4.67. The van der Waals surface area contributed by atoms with Gasteiger partial charge in [0.1, 0.15) is 36.9 Å². The zero-order chi connectivity index (χ0) is 46.9. The number of nitro groups is 1. The highest BCUT2D eigenvalue weighted by Gasteiger charge is 2.45. The molecule has 1 aromatic rings. The summed E-state index contributed by atoms with van der Waals surface area (Å²) < 4.78 is 10.3. The van der Waals surface area contributed by atoms with Crippen molar-refractivity contribution >= 4 is 47.4 Å². The van der Waals surface area contributed by atoms with E-state index >= 15 is 0 Å². The lowest BCUT2D eigenvalue weighted by atomic mass is 9.81. The van der Waals surface area contributed by atoms with Crippen LogP contribution < -0.4 is 27.0 Å². The maximum Gasteiger partial charge on any atom is 0.336 e. The van der Waals surface area contributed by atoms with Crippen LogP contribution in [0.1, 0.15) is 119 Å². The van der Waals surface area contributed by atoms with Crippen LogP contribution in [0.15, 0.2) is 36.4 Å². The van der Waals surface area contributed by atoms with Crippen LogP contribution in [0, 0.1) is 27.4 Å². The molecular weight excluding hydrogens is 823 g/mol. The average molecular weight is 886 g/mol. The quantitative estimate of drug-likeness (QED) is 0.0567. The first-order valence-corrected chi connectivity index (χ1v) is 21.3. The van der Waals surface area contributed by atoms with E-state index in [1.807, 2.05) is 0 Å². The van der Waals surface area contributed by atoms with Gasteiger partial charge in [-0.2, -0.15) is 0 Å². The van der Waals surface area contributed by atoms with E-state index in [0.29, 0.717) is 12.8 Å². The van der Waals surface area contributed by atoms with Crippen molar-refractivity contribution in [3.8, 4) is 0 Å². The molecule has 4 rings (SSSR count). The second kappa shape index (κ2) is 24.6. The lowest BCUT2D eigenvalue weighted by molar-refractivity contribution is -0.445. The molecule has 348 valence electrons. The summed E-state index contributed by atoms with van der Waals surface area (Å²) in [4.78, 5) is 116. The van der Waals surface area contributed by atoms with E-state index in [1.54, 1.807) is 20.8 Å². The van der Waals surface area contributed by atoms with Gasteiger partial charge in [-0.05, 0) is 67.9 Å². The molecule has 2 saturated carbocycles. The molecule has 1 aliphatic heterocycles. The number of allylic oxidation sites excluding steroid dienone is 1. The summed E-state index contributed by atoms with van der Waals surface area (Å²) >= 11 is 0. The molecular formula is C43H63N7O13. The smallest absolute Gasteiger partial charge is 0.336 e. The van der Waals surface area contributed by atoms with E-state index in [9.17, 15) is 43.5 Å². The second-order valence-electron chi connectivity index (χ2n) is 17.1. The molecule has 1 saturated heterocycles. The lowest BCUT2D eigenvalue weighted by Crippen LogP contribution is -2.62. The maximum absolute atomic E-state index is 14.4. The van der Waals surface area contributed by atoms with Crippen LogP contribution in [0.4, 0.5) is 0 Å². The molecule has 2 aliphatic carbocycles. The first-order valence-electron chi connectivity index (χ1n) is 21.3. The number of carboxylic acids is 1. The molecule has 1 aromatic carbocycles. The van der Waals surface area contributed by atoms with Crippen LogP contribution in [0.25, 0.3) is 0 Å². The maximum atomic E-state index is 14.4. The molecule has 20 nitrogen and oxygen atoms in total. The number of carboxylic acid groups (broad SMARTS) is 1. The highest BCUT2D eigenvalue weighted by Crippen LogP contribution is 2.30. The van der Waals surface area contributed by atoms with Crippen molar-refractivity contribution in [2.45, 2.75) is 128 Å². The molecule has 5 atom stereocenters. The first kappa shape index (κ1) is 51.4. The van der Waals surface area contributed by atoms with Crippen molar-refractivity contribution in [2.75, 3.05) is 27.5 Å². The summed E-state index contributed by atoms with van der Waals surface area (Å²) in [6, 6.07) is -0.0953. The van der Waals surface area contributed by atoms with Gasteiger partial charge in [0.25, 0.3) is 5.91 Å². The number of ether oxygens (including phenoxy) is 2. The molecule has 0 aromatic heterocycles. The van der Waals surface area contributed by atoms with E-state index < -0.39 is 87.9 Å². The number of aromatic carboxylic acids is 1. The van der Waals surface area contributed by atoms with Gasteiger partial charge in [0, 0.05) is 11.0 Å². The van der Waals surface area contributed by atoms with Gasteiger partial charge < -0.3 is 46.5 Å². The molecule has 3 fully saturated rings. The molecule has 63 heavy (non-hydrogen) atoms. The Hall–Kier alpha value is -5.92. The number of hydrogen-bond acceptors (Lipinski definition) is 12. The van der Waals surface area contributed by atoms with Crippen molar-refractivity contribution in [2.24, 2.45) is 23.0 Å². The van der Waals surface area contributed by atoms with Gasteiger partial charge in [0.2, 0.25) is 29.5 Å². The Kier molecular flexibility index (Phi) is 20.1. The number of methoxy groups -OCH3 is 1. The number of nitrogens with zero attached hydrogens (tertiary/aromatic N) is 2. The third-order valence-electron chi connectivity index (χ3n) is 11.4. The summed E-state index contributed by atoms with van der Waals surface area (Å²) in [6.07, 6.45) is 11.2. The van der Waals surface area contributed by atoms with Crippen LogP contribution in [0.3, 0.4) is 0 Å². The van der Waals surface area contributed by atoms with Gasteiger partial charge in [0.05, 0.1) is 24.8 Å². The van der Waals surface area contributed by atoms with E-state index in [0.717, 1.165) is 64.5 Å². The number of carbonyl (C=O) groups excluding carboxylic acids is 7. The Morgan fingerprint density at radius 3 is 1.97 bits per heavy atom. The van der Waals surface area contributed by atoms with Crippen molar-refractivity contribution in [3.05, 3.63) is 57.7 Å². The molecule has 0 radical (unpaired) electrons. The predicted octanol–water partition coefficient (Wildman–Crippen LogP) is 2.22. The highest BCUT2D eigenvalue weighted by atomic mass is 16.6. The van der Waals surface area contributed by atoms with Gasteiger partial charge in [-0.1, -0.05) is 77.5 Å². The zero-order valence-corrected chi connectivity index (χ0v) is 36.7. The number of nitrogens with one attached hydrogen (secondary N) is 4. The van der Waals surface area contributed by atoms with Crippen molar-refractivity contribution < 1.29 is 57.9 Å². The van der Waals surface area contributed by atoms with Gasteiger partial charge in [-0.15, -0.1) is 0 Å².